The Hall–Kier alpha value is -3.36. The van der Waals surface area contributed by atoms with Crippen molar-refractivity contribution in [3.8, 4) is 0 Å². The fourth-order valence-corrected chi connectivity index (χ4v) is 2.49. The number of aromatic nitrogens is 1. The highest BCUT2D eigenvalue weighted by Gasteiger charge is 2.22. The van der Waals surface area contributed by atoms with Crippen molar-refractivity contribution in [2.75, 3.05) is 7.11 Å². The Balaban J connectivity index is 2.36. The van der Waals surface area contributed by atoms with Crippen LogP contribution in [0, 0.1) is 18.6 Å². The van der Waals surface area contributed by atoms with Crippen LogP contribution in [-0.2, 0) is 22.6 Å². The SMILES string of the molecule is COC(=O)c1c(C)c(=O)c(C(=O)NCc2ccc(F)cc2F)cn1CC=O. The number of benzene rings is 1. The van der Waals surface area contributed by atoms with Gasteiger partial charge in [0.05, 0.1) is 13.7 Å². The van der Waals surface area contributed by atoms with Crippen molar-refractivity contribution in [1.82, 2.24) is 9.88 Å². The van der Waals surface area contributed by atoms with Crippen LogP contribution in [0.2, 0.25) is 0 Å². The number of rotatable bonds is 6. The van der Waals surface area contributed by atoms with E-state index < -0.39 is 28.9 Å². The number of hydrogen-bond donors (Lipinski definition) is 1. The molecule has 7 nitrogen and oxygen atoms in total. The highest BCUT2D eigenvalue weighted by Crippen LogP contribution is 2.11. The second kappa shape index (κ2) is 8.35. The van der Waals surface area contributed by atoms with E-state index in [1.165, 1.54) is 13.0 Å². The fraction of sp³-hybridized carbons (Fsp3) is 0.222. The van der Waals surface area contributed by atoms with Crippen molar-refractivity contribution in [2.45, 2.75) is 20.0 Å². The molecule has 1 amide bonds. The largest absolute Gasteiger partial charge is 0.464 e. The van der Waals surface area contributed by atoms with Crippen LogP contribution < -0.4 is 10.7 Å². The van der Waals surface area contributed by atoms with Gasteiger partial charge in [0, 0.05) is 29.9 Å². The summed E-state index contributed by atoms with van der Waals surface area (Å²) in [5, 5.41) is 2.36. The highest BCUT2D eigenvalue weighted by atomic mass is 19.1. The van der Waals surface area contributed by atoms with Crippen LogP contribution in [0.1, 0.15) is 32.0 Å². The number of halogens is 2. The number of amides is 1. The maximum absolute atomic E-state index is 13.6. The summed E-state index contributed by atoms with van der Waals surface area (Å²) < 4.78 is 32.3. The van der Waals surface area contributed by atoms with Crippen LogP contribution in [0.15, 0.2) is 29.2 Å². The molecule has 2 aromatic rings. The molecule has 27 heavy (non-hydrogen) atoms. The molecule has 0 unspecified atom stereocenters. The molecule has 2 rings (SSSR count). The topological polar surface area (TPSA) is 94.5 Å². The minimum Gasteiger partial charge on any atom is -0.464 e. The monoisotopic (exact) mass is 378 g/mol. The van der Waals surface area contributed by atoms with Gasteiger partial charge in [-0.2, -0.15) is 0 Å². The number of pyridine rings is 1. The van der Waals surface area contributed by atoms with Gasteiger partial charge in [0.15, 0.2) is 5.43 Å². The van der Waals surface area contributed by atoms with Crippen molar-refractivity contribution in [2.24, 2.45) is 0 Å². The number of ether oxygens (including phenoxy) is 1. The highest BCUT2D eigenvalue weighted by molar-refractivity contribution is 5.96. The Labute approximate surface area is 152 Å². The van der Waals surface area contributed by atoms with Gasteiger partial charge in [-0.25, -0.2) is 13.6 Å². The number of methoxy groups -OCH3 is 1. The zero-order valence-corrected chi connectivity index (χ0v) is 14.5. The third-order valence-corrected chi connectivity index (χ3v) is 3.86. The minimum atomic E-state index is -0.842. The first-order chi connectivity index (χ1) is 12.8. The zero-order valence-electron chi connectivity index (χ0n) is 14.5. The smallest absolute Gasteiger partial charge is 0.355 e. The molecule has 0 saturated carbocycles. The molecular weight excluding hydrogens is 362 g/mol. The predicted molar refractivity (Wildman–Crippen MR) is 90.4 cm³/mol. The van der Waals surface area contributed by atoms with Crippen molar-refractivity contribution < 1.29 is 27.9 Å². The van der Waals surface area contributed by atoms with Crippen LogP contribution in [-0.4, -0.2) is 29.8 Å². The third kappa shape index (κ3) is 4.25. The lowest BCUT2D eigenvalue weighted by Crippen LogP contribution is -2.33. The zero-order chi connectivity index (χ0) is 20.1. The van der Waals surface area contributed by atoms with Crippen LogP contribution in [0.25, 0.3) is 0 Å². The maximum atomic E-state index is 13.6. The molecule has 9 heteroatoms. The Morgan fingerprint density at radius 1 is 1.30 bits per heavy atom. The Morgan fingerprint density at radius 3 is 2.59 bits per heavy atom. The van der Waals surface area contributed by atoms with E-state index in [1.54, 1.807) is 0 Å². The Morgan fingerprint density at radius 2 is 2.00 bits per heavy atom. The molecule has 0 spiro atoms. The van der Waals surface area contributed by atoms with E-state index in [1.807, 2.05) is 0 Å². The summed E-state index contributed by atoms with van der Waals surface area (Å²) in [6.07, 6.45) is 1.55. The Kier molecular flexibility index (Phi) is 6.17. The maximum Gasteiger partial charge on any atom is 0.355 e. The molecule has 0 aliphatic rings. The second-order valence-corrected chi connectivity index (χ2v) is 5.57. The fourth-order valence-electron chi connectivity index (χ4n) is 2.49. The average molecular weight is 378 g/mol. The lowest BCUT2D eigenvalue weighted by Gasteiger charge is -2.14. The second-order valence-electron chi connectivity index (χ2n) is 5.57. The summed E-state index contributed by atoms with van der Waals surface area (Å²) in [6, 6.07) is 2.88. The van der Waals surface area contributed by atoms with Gasteiger partial charge in [-0.1, -0.05) is 6.07 Å². The van der Waals surface area contributed by atoms with Crippen LogP contribution in [0.5, 0.6) is 0 Å². The van der Waals surface area contributed by atoms with Gasteiger partial charge >= 0.3 is 5.97 Å². The van der Waals surface area contributed by atoms with E-state index in [4.69, 9.17) is 0 Å². The first kappa shape index (κ1) is 20.0. The van der Waals surface area contributed by atoms with E-state index in [0.29, 0.717) is 12.4 Å². The van der Waals surface area contributed by atoms with E-state index in [-0.39, 0.29) is 35.5 Å². The normalized spacial score (nSPS) is 10.4. The summed E-state index contributed by atoms with van der Waals surface area (Å²) in [5.41, 5.74) is -1.24. The van der Waals surface area contributed by atoms with Gasteiger partial charge in [-0.15, -0.1) is 0 Å². The minimum absolute atomic E-state index is 0.0286. The van der Waals surface area contributed by atoms with Crippen molar-refractivity contribution in [1.29, 1.82) is 0 Å². The summed E-state index contributed by atoms with van der Waals surface area (Å²) in [7, 11) is 1.12. The number of esters is 1. The number of aldehydes is 1. The van der Waals surface area contributed by atoms with Crippen LogP contribution >= 0.6 is 0 Å². The van der Waals surface area contributed by atoms with E-state index >= 15 is 0 Å². The molecule has 1 aromatic carbocycles. The van der Waals surface area contributed by atoms with Gasteiger partial charge in [-0.3, -0.25) is 9.59 Å². The lowest BCUT2D eigenvalue weighted by molar-refractivity contribution is -0.108. The number of carbonyl (C=O) groups is 3. The van der Waals surface area contributed by atoms with E-state index in [0.717, 1.165) is 23.9 Å². The predicted octanol–water partition coefficient (Wildman–Crippen LogP) is 1.35. The third-order valence-electron chi connectivity index (χ3n) is 3.86. The molecule has 0 saturated heterocycles. The first-order valence-electron chi connectivity index (χ1n) is 7.78. The standard InChI is InChI=1S/C18H16F2N2O5/c1-10-15(18(26)27-2)22(5-6-23)9-13(16(10)24)17(25)21-8-11-3-4-12(19)7-14(11)20/h3-4,6-7,9H,5,8H2,1-2H3,(H,21,25). The summed E-state index contributed by atoms with van der Waals surface area (Å²) in [4.78, 5) is 47.5. The molecule has 1 N–H and O–H groups in total. The van der Waals surface area contributed by atoms with Gasteiger partial charge < -0.3 is 19.4 Å². The van der Waals surface area contributed by atoms with Gasteiger partial charge in [0.2, 0.25) is 0 Å². The molecule has 0 atom stereocenters. The molecule has 0 fully saturated rings. The average Bonchev–Trinajstić information content (AvgIpc) is 2.63. The van der Waals surface area contributed by atoms with Crippen molar-refractivity contribution in [3.05, 3.63) is 68.6 Å². The van der Waals surface area contributed by atoms with Gasteiger partial charge in [-0.05, 0) is 13.0 Å². The summed E-state index contributed by atoms with van der Waals surface area (Å²) in [6.45, 7) is 0.764. The summed E-state index contributed by atoms with van der Waals surface area (Å²) >= 11 is 0. The molecular formula is C18H16F2N2O5. The Bertz CT molecular complexity index is 969. The number of nitrogens with zero attached hydrogens (tertiary/aromatic N) is 1. The number of nitrogens with one attached hydrogen (secondary N) is 1. The molecule has 1 heterocycles. The molecule has 0 bridgehead atoms. The quantitative estimate of drug-likeness (QED) is 0.605. The summed E-state index contributed by atoms with van der Waals surface area (Å²) in [5.74, 6) is -3.26. The molecule has 0 aliphatic heterocycles. The molecule has 0 aliphatic carbocycles. The van der Waals surface area contributed by atoms with Gasteiger partial charge in [0.25, 0.3) is 5.91 Å². The van der Waals surface area contributed by atoms with Crippen LogP contribution in [0.4, 0.5) is 8.78 Å². The van der Waals surface area contributed by atoms with E-state index in [9.17, 15) is 28.0 Å². The first-order valence-corrected chi connectivity index (χ1v) is 7.78. The van der Waals surface area contributed by atoms with Crippen molar-refractivity contribution in [3.63, 3.8) is 0 Å². The molecule has 0 radical (unpaired) electrons. The molecule has 142 valence electrons. The lowest BCUT2D eigenvalue weighted by atomic mass is 10.1. The van der Waals surface area contributed by atoms with Crippen molar-refractivity contribution >= 4 is 18.2 Å². The van der Waals surface area contributed by atoms with Crippen LogP contribution in [0.3, 0.4) is 0 Å². The molecule has 1 aromatic heterocycles. The number of carbonyl (C=O) groups excluding carboxylic acids is 3. The van der Waals surface area contributed by atoms with Gasteiger partial charge in [0.1, 0.15) is 29.2 Å². The van der Waals surface area contributed by atoms with E-state index in [2.05, 4.69) is 10.1 Å². The number of hydrogen-bond acceptors (Lipinski definition) is 5.